The Kier molecular flexibility index (Phi) is 5.20. The van der Waals surface area contributed by atoms with Gasteiger partial charge < -0.3 is 4.90 Å². The highest BCUT2D eigenvalue weighted by molar-refractivity contribution is 8.00. The minimum Gasteiger partial charge on any atom is -0.323 e. The Morgan fingerprint density at radius 3 is 2.39 bits per heavy atom. The zero-order valence-electron chi connectivity index (χ0n) is 15.3. The topological polar surface area (TPSA) is 57.7 Å². The van der Waals surface area contributed by atoms with Crippen LogP contribution in [0.3, 0.4) is 0 Å². The summed E-state index contributed by atoms with van der Waals surface area (Å²) in [4.78, 5) is 14.7. The van der Waals surface area contributed by atoms with Gasteiger partial charge in [0.1, 0.15) is 5.82 Å². The van der Waals surface area contributed by atoms with Crippen molar-refractivity contribution in [2.24, 2.45) is 0 Å². The molecule has 0 saturated carbocycles. The third-order valence-corrected chi connectivity index (χ3v) is 8.84. The number of carbonyl (C=O) groups is 1. The summed E-state index contributed by atoms with van der Waals surface area (Å²) in [5, 5.41) is 0. The number of thioether (sulfide) groups is 1. The van der Waals surface area contributed by atoms with E-state index in [4.69, 9.17) is 0 Å². The molecule has 0 N–H and O–H groups in total. The molecule has 0 bridgehead atoms. The van der Waals surface area contributed by atoms with Gasteiger partial charge in [0, 0.05) is 31.0 Å². The molecular weight excluding hydrogens is 399 g/mol. The van der Waals surface area contributed by atoms with Gasteiger partial charge in [0.15, 0.2) is 0 Å². The molecule has 0 aliphatic carbocycles. The minimum absolute atomic E-state index is 0.191. The molecule has 28 heavy (non-hydrogen) atoms. The second kappa shape index (κ2) is 7.50. The van der Waals surface area contributed by atoms with Gasteiger partial charge >= 0.3 is 0 Å². The van der Waals surface area contributed by atoms with E-state index in [0.29, 0.717) is 38.0 Å². The number of carbonyl (C=O) groups excluding carboxylic acids is 1. The first-order valence-corrected chi connectivity index (χ1v) is 11.6. The van der Waals surface area contributed by atoms with Crippen LogP contribution in [0.4, 0.5) is 4.39 Å². The van der Waals surface area contributed by atoms with Crippen molar-refractivity contribution in [3.05, 3.63) is 66.0 Å². The van der Waals surface area contributed by atoms with Gasteiger partial charge in [-0.3, -0.25) is 4.79 Å². The molecule has 0 unspecified atom stereocenters. The highest BCUT2D eigenvalue weighted by atomic mass is 32.2. The van der Waals surface area contributed by atoms with E-state index in [1.807, 2.05) is 0 Å². The molecule has 2 aliphatic heterocycles. The summed E-state index contributed by atoms with van der Waals surface area (Å²) in [6, 6.07) is 14.1. The Bertz CT molecular complexity index is 974. The summed E-state index contributed by atoms with van der Waals surface area (Å²) in [7, 11) is -3.53. The normalized spacial score (nSPS) is 19.8. The Labute approximate surface area is 168 Å². The lowest BCUT2D eigenvalue weighted by Gasteiger charge is -2.43. The lowest BCUT2D eigenvalue weighted by molar-refractivity contribution is 0.0604. The van der Waals surface area contributed by atoms with Gasteiger partial charge in [0.2, 0.25) is 10.0 Å². The molecule has 2 saturated heterocycles. The molecule has 0 atom stereocenters. The Morgan fingerprint density at radius 2 is 1.71 bits per heavy atom. The number of nitrogens with zero attached hydrogens (tertiary/aromatic N) is 2. The number of hydrogen-bond donors (Lipinski definition) is 0. The fourth-order valence-corrected chi connectivity index (χ4v) is 6.82. The van der Waals surface area contributed by atoms with E-state index in [1.165, 1.54) is 22.5 Å². The van der Waals surface area contributed by atoms with E-state index in [0.717, 1.165) is 5.75 Å². The maximum atomic E-state index is 13.5. The molecule has 148 valence electrons. The molecule has 1 amide bonds. The first-order chi connectivity index (χ1) is 13.4. The van der Waals surface area contributed by atoms with Crippen LogP contribution < -0.4 is 0 Å². The van der Waals surface area contributed by atoms with E-state index in [9.17, 15) is 17.6 Å². The first-order valence-electron chi connectivity index (χ1n) is 9.19. The van der Waals surface area contributed by atoms with Gasteiger partial charge in [-0.2, -0.15) is 4.31 Å². The van der Waals surface area contributed by atoms with Crippen molar-refractivity contribution in [1.82, 2.24) is 9.21 Å². The van der Waals surface area contributed by atoms with E-state index >= 15 is 0 Å². The lowest BCUT2D eigenvalue weighted by Crippen LogP contribution is -2.53. The number of piperidine rings is 1. The zero-order valence-corrected chi connectivity index (χ0v) is 16.9. The van der Waals surface area contributed by atoms with Crippen LogP contribution in [0.2, 0.25) is 0 Å². The third kappa shape index (κ3) is 3.44. The van der Waals surface area contributed by atoms with Gasteiger partial charge in [-0.1, -0.05) is 24.3 Å². The monoisotopic (exact) mass is 420 g/mol. The molecule has 0 radical (unpaired) electrons. The zero-order chi connectivity index (χ0) is 19.8. The van der Waals surface area contributed by atoms with Crippen LogP contribution in [0.5, 0.6) is 0 Å². The van der Waals surface area contributed by atoms with Crippen molar-refractivity contribution in [3.8, 4) is 0 Å². The van der Waals surface area contributed by atoms with Gasteiger partial charge in [0.05, 0.1) is 9.77 Å². The van der Waals surface area contributed by atoms with Crippen molar-refractivity contribution < 1.29 is 17.6 Å². The summed E-state index contributed by atoms with van der Waals surface area (Å²) in [5.41, 5.74) is 0.334. The summed E-state index contributed by atoms with van der Waals surface area (Å²) in [5.74, 6) is 0.173. The molecular formula is C20H21FN2O3S2. The van der Waals surface area contributed by atoms with Crippen LogP contribution in [0, 0.1) is 5.82 Å². The van der Waals surface area contributed by atoms with E-state index in [-0.39, 0.29) is 10.8 Å². The number of sulfonamides is 1. The number of benzene rings is 2. The summed E-state index contributed by atoms with van der Waals surface area (Å²) < 4.78 is 40.8. The molecule has 2 fully saturated rings. The molecule has 1 spiro atoms. The second-order valence-corrected chi connectivity index (χ2v) is 10.4. The maximum absolute atomic E-state index is 13.5. The van der Waals surface area contributed by atoms with E-state index in [2.05, 4.69) is 0 Å². The predicted octanol–water partition coefficient (Wildman–Crippen LogP) is 3.20. The second-order valence-electron chi connectivity index (χ2n) is 6.98. The third-order valence-electron chi connectivity index (χ3n) is 5.38. The van der Waals surface area contributed by atoms with Crippen LogP contribution in [0.25, 0.3) is 0 Å². The Morgan fingerprint density at radius 1 is 1.00 bits per heavy atom. The quantitative estimate of drug-likeness (QED) is 0.765. The molecule has 8 heteroatoms. The van der Waals surface area contributed by atoms with Crippen molar-refractivity contribution in [1.29, 1.82) is 0 Å². The molecule has 0 aromatic heterocycles. The molecule has 2 aliphatic rings. The summed E-state index contributed by atoms with van der Waals surface area (Å²) in [6.45, 7) is 1.31. The minimum atomic E-state index is -3.53. The van der Waals surface area contributed by atoms with Gasteiger partial charge in [-0.15, -0.1) is 11.8 Å². The number of amides is 1. The van der Waals surface area contributed by atoms with Gasteiger partial charge in [-0.05, 0) is 43.2 Å². The van der Waals surface area contributed by atoms with Gasteiger partial charge in [0.25, 0.3) is 5.91 Å². The predicted molar refractivity (Wildman–Crippen MR) is 107 cm³/mol. The van der Waals surface area contributed by atoms with E-state index in [1.54, 1.807) is 53.1 Å². The average molecular weight is 421 g/mol. The van der Waals surface area contributed by atoms with Crippen molar-refractivity contribution in [2.45, 2.75) is 22.6 Å². The van der Waals surface area contributed by atoms with Gasteiger partial charge in [-0.25, -0.2) is 12.8 Å². The first kappa shape index (κ1) is 19.4. The van der Waals surface area contributed by atoms with Crippen LogP contribution >= 0.6 is 11.8 Å². The molecule has 2 aromatic rings. The Balaban J connectivity index is 1.52. The fourth-order valence-electron chi connectivity index (χ4n) is 3.90. The van der Waals surface area contributed by atoms with Crippen molar-refractivity contribution in [2.75, 3.05) is 25.4 Å². The average Bonchev–Trinajstić information content (AvgIpc) is 3.11. The highest BCUT2D eigenvalue weighted by Gasteiger charge is 2.48. The van der Waals surface area contributed by atoms with Crippen molar-refractivity contribution >= 4 is 27.7 Å². The van der Waals surface area contributed by atoms with Crippen LogP contribution in [0.1, 0.15) is 23.2 Å². The smallest absolute Gasteiger partial charge is 0.255 e. The van der Waals surface area contributed by atoms with E-state index < -0.39 is 20.7 Å². The SMILES string of the molecule is O=C(c1cccc(F)c1)N1CCSC12CCN(S(=O)(=O)c1ccccc1)CC2. The summed E-state index contributed by atoms with van der Waals surface area (Å²) >= 11 is 1.70. The standard InChI is InChI=1S/C20H21FN2O3S2/c21-17-6-4-5-16(15-17)19(24)23-13-14-27-20(23)9-11-22(12-10-20)28(25,26)18-7-2-1-3-8-18/h1-8,15H,9-14H2. The molecule has 2 aromatic carbocycles. The Hall–Kier alpha value is -1.90. The van der Waals surface area contributed by atoms with Crippen LogP contribution in [0.15, 0.2) is 59.5 Å². The number of rotatable bonds is 3. The summed E-state index contributed by atoms with van der Waals surface area (Å²) in [6.07, 6.45) is 1.12. The number of halogens is 1. The molecule has 5 nitrogen and oxygen atoms in total. The molecule has 4 rings (SSSR count). The maximum Gasteiger partial charge on any atom is 0.255 e. The largest absolute Gasteiger partial charge is 0.323 e. The highest BCUT2D eigenvalue weighted by Crippen LogP contribution is 2.45. The lowest BCUT2D eigenvalue weighted by atomic mass is 10.0. The fraction of sp³-hybridized carbons (Fsp3) is 0.350. The number of hydrogen-bond acceptors (Lipinski definition) is 4. The van der Waals surface area contributed by atoms with Crippen molar-refractivity contribution in [3.63, 3.8) is 0 Å². The molecule has 2 heterocycles. The van der Waals surface area contributed by atoms with Crippen LogP contribution in [-0.4, -0.2) is 53.8 Å². The van der Waals surface area contributed by atoms with Crippen LogP contribution in [-0.2, 0) is 10.0 Å².